The van der Waals surface area contributed by atoms with Gasteiger partial charge in [-0.15, -0.1) is 167 Å². The van der Waals surface area contributed by atoms with Gasteiger partial charge in [0.05, 0.1) is 34.1 Å². The molecule has 5 radical (unpaired) electrons. The zero-order valence-electron chi connectivity index (χ0n) is 76.7. The number of hydrogen-bond donors (Lipinski definition) is 0. The van der Waals surface area contributed by atoms with E-state index in [9.17, 15) is 0 Å². The normalized spacial score (nSPS) is 14.0. The predicted octanol–water partition coefficient (Wildman–Crippen LogP) is 24.2. The van der Waals surface area contributed by atoms with E-state index in [0.717, 1.165) is 88.2 Å². The molecule has 7 aromatic heterocycles. The molecule has 0 N–H and O–H groups in total. The number of rotatable bonds is 9. The van der Waals surface area contributed by atoms with Crippen molar-refractivity contribution in [3.05, 3.63) is 329 Å². The van der Waals surface area contributed by atoms with Crippen molar-refractivity contribution in [3.63, 3.8) is 0 Å². The Hall–Kier alpha value is -7.90. The third kappa shape index (κ3) is 18.9. The van der Waals surface area contributed by atoms with Gasteiger partial charge in [0.1, 0.15) is 0 Å². The quantitative estimate of drug-likeness (QED) is 0.106. The van der Waals surface area contributed by atoms with Crippen LogP contribution >= 0.6 is 0 Å². The molecule has 0 aliphatic heterocycles. The Morgan fingerprint density at radius 1 is 0.333 bits per heavy atom. The fourth-order valence-electron chi connectivity index (χ4n) is 12.7. The molecule has 0 unspecified atom stereocenters. The Morgan fingerprint density at radius 3 is 1.26 bits per heavy atom. The van der Waals surface area contributed by atoms with Gasteiger partial charge in [0, 0.05) is 165 Å². The van der Waals surface area contributed by atoms with E-state index in [1.165, 1.54) is 24.5 Å². The largest absolute Gasteiger partial charge is 0.333 e. The number of nitrogens with zero attached hydrogens (tertiary/aromatic N) is 7. The van der Waals surface area contributed by atoms with E-state index in [1.807, 2.05) is 101 Å². The Kier molecular flexibility index (Phi) is 22.5. The SMILES string of the molecule is [2H]C([2H])([2H])c1ccc(-c2[c-]cccc2)nc1.[2H]C([2H])([2H])c1ccc2c(c1)c1ccc[c-]c1c1nc(C([2H])([2H])[2H])c(-c3c(C(C)C)cccc3C(C)C)n21.[2H]C([2H])([2H])c1cccc(-c2[c-]cccc2)n1.[2H]C([2H])([2H])c1ccnc(-c2[c-]cccc2)c1.[2H]C([2H])([2H])c1nc2c3[c-]cccc3c3ccccc3n2c1-c1c(C(C)C)cccc1C(C)C.[Ir].[Ir].[Ir].[Ir].[Ir]. The van der Waals surface area contributed by atoms with Crippen molar-refractivity contribution < 1.29 is 125 Å². The molecule has 0 spiro atoms. The van der Waals surface area contributed by atoms with Crippen LogP contribution in [0.1, 0.15) is 160 Å². The minimum Gasteiger partial charge on any atom is -0.333 e. The number of hydrogen-bond acceptors (Lipinski definition) is 5. The molecule has 9 aromatic carbocycles. The number of benzene rings is 9. The van der Waals surface area contributed by atoms with E-state index in [2.05, 4.69) is 154 Å². The zero-order chi connectivity index (χ0) is 85.1. The fourth-order valence-corrected chi connectivity index (χ4v) is 12.7. The second-order valence-corrected chi connectivity index (χ2v) is 25.4. The van der Waals surface area contributed by atoms with Crippen LogP contribution in [0.2, 0.25) is 0 Å². The van der Waals surface area contributed by atoms with Crippen LogP contribution in [0.4, 0.5) is 0 Å². The number of imidazole rings is 2. The van der Waals surface area contributed by atoms with Crippen molar-refractivity contribution in [2.75, 3.05) is 0 Å². The number of aryl methyl sites for hydroxylation is 6. The zero-order valence-corrected chi connectivity index (χ0v) is 70.7. The second-order valence-electron chi connectivity index (χ2n) is 25.4. The summed E-state index contributed by atoms with van der Waals surface area (Å²) < 4.78 is 144. The van der Waals surface area contributed by atoms with Crippen LogP contribution in [0.15, 0.2) is 243 Å². The molecule has 0 fully saturated rings. The van der Waals surface area contributed by atoms with Gasteiger partial charge in [-0.25, -0.2) is 0 Å². The van der Waals surface area contributed by atoms with E-state index in [0.29, 0.717) is 50.5 Å². The first kappa shape index (κ1) is 61.1. The number of pyridine rings is 5. The maximum absolute atomic E-state index is 8.46. The van der Waals surface area contributed by atoms with Gasteiger partial charge in [0.25, 0.3) is 0 Å². The van der Waals surface area contributed by atoms with Gasteiger partial charge < -0.3 is 23.8 Å². The van der Waals surface area contributed by atoms with Crippen molar-refractivity contribution >= 4 is 54.6 Å². The number of para-hydroxylation sites is 1. The molecule has 0 amide bonds. The molecule has 0 bridgehead atoms. The summed E-state index contributed by atoms with van der Waals surface area (Å²) in [6.07, 6.45) is 2.90. The summed E-state index contributed by atoms with van der Waals surface area (Å²) in [7, 11) is 0. The van der Waals surface area contributed by atoms with E-state index in [1.54, 1.807) is 72.8 Å². The topological polar surface area (TPSA) is 73.3 Å². The molecule has 7 nitrogen and oxygen atoms in total. The standard InChI is InChI=1S/C29H29N2.C28H27N2.3C12H10N.5Ir/c1-17(2)21-12-9-13-22(18(3)4)27(21)28-20(6)30-29-24-11-8-7-10-23(24)25-16-19(5)14-15-26(25)31(28)29;1-17(2)20-14-10-15-21(18(3)4)26(20)27-19(5)29-28-24-13-7-6-11-22(24)23-12-8-9-16-25(23)30(27)28;1-10-6-5-9-12(13-10)11-7-3-2-4-8-11;1-10-7-8-13-12(9-10)11-5-3-2-4-6-11;1-10-7-8-12(13-9-10)11-5-3-2-4-6-11;;;;;/h7-10,12-18H,1-6H3;6-12,14-18H,1-5H3;2-7,9H,1H3;2*2-5,7-9H,1H3;;;;;/q5*-1;;;;;/i5D3,6D3;5D3;3*1D3;;;;;. The first-order valence-corrected chi connectivity index (χ1v) is 33.3. The monoisotopic (exact) mass is 2280 g/mol. The Bertz CT molecular complexity index is 6100. The van der Waals surface area contributed by atoms with Crippen LogP contribution in [0.25, 0.3) is 111 Å². The summed E-state index contributed by atoms with van der Waals surface area (Å²) in [6.45, 7) is 3.59. The van der Waals surface area contributed by atoms with Crippen molar-refractivity contribution in [1.29, 1.82) is 0 Å². The average molecular weight is 2280 g/mol. The maximum atomic E-state index is 8.46. The van der Waals surface area contributed by atoms with E-state index in [4.69, 9.17) is 34.6 Å². The van der Waals surface area contributed by atoms with Gasteiger partial charge in [-0.05, 0) is 145 Å². The van der Waals surface area contributed by atoms with Crippen LogP contribution in [-0.4, -0.2) is 33.7 Å². The molecule has 0 atom stereocenters. The van der Waals surface area contributed by atoms with Gasteiger partial charge in [0.15, 0.2) is 0 Å². The van der Waals surface area contributed by atoms with E-state index >= 15 is 0 Å². The van der Waals surface area contributed by atoms with E-state index < -0.39 is 41.1 Å². The molecular formula is C93H86Ir5N7-5. The molecule has 0 aliphatic carbocycles. The number of aromatic nitrogens is 7. The van der Waals surface area contributed by atoms with Gasteiger partial charge in [-0.2, -0.15) is 0 Å². The van der Waals surface area contributed by atoms with Crippen LogP contribution in [0.5, 0.6) is 0 Å². The Balaban J connectivity index is 0.000000220. The van der Waals surface area contributed by atoms with Gasteiger partial charge in [-0.1, -0.05) is 174 Å². The van der Waals surface area contributed by atoms with Gasteiger partial charge >= 0.3 is 0 Å². The van der Waals surface area contributed by atoms with Crippen molar-refractivity contribution in [1.82, 2.24) is 33.7 Å². The molecule has 0 aliphatic rings. The van der Waals surface area contributed by atoms with Crippen LogP contribution < -0.4 is 0 Å². The molecule has 0 saturated heterocycles. The van der Waals surface area contributed by atoms with E-state index in [-0.39, 0.29) is 152 Å². The molecule has 543 valence electrons. The molecule has 16 aromatic rings. The third-order valence-electron chi connectivity index (χ3n) is 17.3. The minimum absolute atomic E-state index is 0. The molecular weight excluding hydrogens is 2180 g/mol. The Morgan fingerprint density at radius 2 is 0.781 bits per heavy atom. The summed E-state index contributed by atoms with van der Waals surface area (Å²) in [6, 6.07) is 86.3. The second kappa shape index (κ2) is 38.6. The predicted molar refractivity (Wildman–Crippen MR) is 419 cm³/mol. The molecule has 105 heavy (non-hydrogen) atoms. The summed E-state index contributed by atoms with van der Waals surface area (Å²) in [5.74, 6) is 0.743. The maximum Gasteiger partial charge on any atom is 0.0669 e. The van der Waals surface area contributed by atoms with Crippen molar-refractivity contribution in [3.8, 4) is 56.3 Å². The first-order valence-electron chi connectivity index (χ1n) is 42.3. The Labute approximate surface area is 713 Å². The van der Waals surface area contributed by atoms with Crippen molar-refractivity contribution in [2.24, 2.45) is 0 Å². The first-order chi connectivity index (χ1) is 55.7. The summed E-state index contributed by atoms with van der Waals surface area (Å²) in [5, 5.41) is 5.07. The molecule has 12 heteroatoms. The minimum atomic E-state index is -2.47. The molecule has 0 saturated carbocycles. The summed E-state index contributed by atoms with van der Waals surface area (Å²) >= 11 is 0. The van der Waals surface area contributed by atoms with Crippen LogP contribution in [0.3, 0.4) is 0 Å². The number of fused-ring (bicyclic) bond motifs is 12. The molecule has 7 heterocycles. The summed E-state index contributed by atoms with van der Waals surface area (Å²) in [5.41, 5.74) is 15.8. The summed E-state index contributed by atoms with van der Waals surface area (Å²) in [4.78, 5) is 22.0. The fraction of sp³-hybridized carbons (Fsp3) is 0.194. The van der Waals surface area contributed by atoms with Gasteiger partial charge in [0.2, 0.25) is 0 Å². The van der Waals surface area contributed by atoms with Crippen LogP contribution in [0, 0.1) is 71.4 Å². The average Bonchev–Trinajstić information content (AvgIpc) is 1.58. The smallest absolute Gasteiger partial charge is 0.0669 e. The van der Waals surface area contributed by atoms with Crippen molar-refractivity contribution in [2.45, 2.75) is 120 Å². The van der Waals surface area contributed by atoms with Crippen LogP contribution in [-0.2, 0) is 101 Å². The molecule has 16 rings (SSSR count). The third-order valence-corrected chi connectivity index (χ3v) is 17.3. The van der Waals surface area contributed by atoms with Gasteiger partial charge in [-0.3, -0.25) is 9.97 Å².